The fraction of sp³-hybridized carbons (Fsp3) is 0.472. The van der Waals surface area contributed by atoms with Gasteiger partial charge in [-0.1, -0.05) is 101 Å². The minimum absolute atomic E-state index is 0.0971. The number of aliphatic hydroxyl groups is 1. The summed E-state index contributed by atoms with van der Waals surface area (Å²) in [5, 5.41) is 11.4. The number of carbonyl (C=O) groups is 1. The maximum atomic E-state index is 13.6. The fourth-order valence-corrected chi connectivity index (χ4v) is 7.40. The Kier molecular flexibility index (Phi) is 8.31. The van der Waals surface area contributed by atoms with E-state index in [0.29, 0.717) is 17.6 Å². The molecule has 2 aliphatic carbocycles. The molecular weight excluding hydrogens is 512 g/mol. The van der Waals surface area contributed by atoms with Crippen molar-refractivity contribution in [2.75, 3.05) is 7.11 Å². The maximum absolute atomic E-state index is 13.6. The summed E-state index contributed by atoms with van der Waals surface area (Å²) in [6.07, 6.45) is 9.03. The molecule has 1 N–H and O–H groups in total. The number of methoxy groups -OCH3 is 1. The average Bonchev–Trinajstić information content (AvgIpc) is 3.07. The third-order valence-corrected chi connectivity index (χ3v) is 9.72. The van der Waals surface area contributed by atoms with Gasteiger partial charge < -0.3 is 19.3 Å². The average molecular weight is 557 g/mol. The highest BCUT2D eigenvalue weighted by Crippen LogP contribution is 2.58. The number of hydrogen-bond acceptors (Lipinski definition) is 5. The molecule has 1 aliphatic heterocycles. The van der Waals surface area contributed by atoms with Crippen molar-refractivity contribution in [3.8, 4) is 5.75 Å². The van der Waals surface area contributed by atoms with Crippen LogP contribution in [0, 0.1) is 34.5 Å². The smallest absolute Gasteiger partial charge is 0.306 e. The van der Waals surface area contributed by atoms with E-state index in [4.69, 9.17) is 14.2 Å². The van der Waals surface area contributed by atoms with Crippen LogP contribution in [0.4, 0.5) is 0 Å². The summed E-state index contributed by atoms with van der Waals surface area (Å²) in [5.41, 5.74) is 1.94. The van der Waals surface area contributed by atoms with Crippen LogP contribution in [0.3, 0.4) is 0 Å². The van der Waals surface area contributed by atoms with E-state index in [1.165, 1.54) is 12.7 Å². The third kappa shape index (κ3) is 5.54. The summed E-state index contributed by atoms with van der Waals surface area (Å²) in [7, 11) is 1.50. The molecule has 5 nitrogen and oxygen atoms in total. The van der Waals surface area contributed by atoms with Gasteiger partial charge in [-0.2, -0.15) is 0 Å². The van der Waals surface area contributed by atoms with Crippen LogP contribution in [-0.4, -0.2) is 24.5 Å². The molecule has 0 amide bonds. The van der Waals surface area contributed by atoms with Gasteiger partial charge in [-0.25, -0.2) is 0 Å². The first kappa shape index (κ1) is 29.3. The lowest BCUT2D eigenvalue weighted by Crippen LogP contribution is -2.43. The number of hydrogen-bond donors (Lipinski definition) is 1. The molecule has 5 rings (SSSR count). The fourth-order valence-electron chi connectivity index (χ4n) is 7.40. The van der Waals surface area contributed by atoms with Gasteiger partial charge in [0, 0.05) is 29.9 Å². The van der Waals surface area contributed by atoms with E-state index in [9.17, 15) is 9.90 Å². The minimum Gasteiger partial charge on any atom is -0.461 e. The normalized spacial score (nSPS) is 29.0. The topological polar surface area (TPSA) is 65.0 Å². The second-order valence-electron chi connectivity index (χ2n) is 13.0. The molecule has 2 bridgehead atoms. The number of benzene rings is 2. The van der Waals surface area contributed by atoms with Crippen LogP contribution in [-0.2, 0) is 20.9 Å². The first-order valence-electron chi connectivity index (χ1n) is 14.8. The molecule has 218 valence electrons. The van der Waals surface area contributed by atoms with Gasteiger partial charge in [0.05, 0.1) is 6.42 Å². The maximum Gasteiger partial charge on any atom is 0.306 e. The molecule has 1 heterocycles. The van der Waals surface area contributed by atoms with Gasteiger partial charge >= 0.3 is 5.97 Å². The molecule has 0 aromatic heterocycles. The largest absolute Gasteiger partial charge is 0.461 e. The van der Waals surface area contributed by atoms with Gasteiger partial charge in [0.15, 0.2) is 6.29 Å². The molecule has 0 fully saturated rings. The third-order valence-electron chi connectivity index (χ3n) is 9.72. The van der Waals surface area contributed by atoms with Crippen molar-refractivity contribution in [3.05, 3.63) is 101 Å². The molecule has 2 aromatic rings. The molecule has 0 saturated carbocycles. The molecule has 0 spiro atoms. The van der Waals surface area contributed by atoms with Crippen molar-refractivity contribution in [1.82, 2.24) is 0 Å². The molecule has 0 saturated heterocycles. The van der Waals surface area contributed by atoms with Crippen LogP contribution >= 0.6 is 0 Å². The van der Waals surface area contributed by atoms with E-state index >= 15 is 0 Å². The van der Waals surface area contributed by atoms with E-state index in [1.54, 1.807) is 0 Å². The lowest BCUT2D eigenvalue weighted by Gasteiger charge is -2.45. The Morgan fingerprint density at radius 3 is 2.46 bits per heavy atom. The number of allylic oxidation sites excluding steroid dienone is 6. The summed E-state index contributed by atoms with van der Waals surface area (Å²) < 4.78 is 18.3. The van der Waals surface area contributed by atoms with Crippen LogP contribution < -0.4 is 4.74 Å². The van der Waals surface area contributed by atoms with Crippen LogP contribution in [0.15, 0.2) is 90.2 Å². The number of para-hydroxylation sites is 1. The van der Waals surface area contributed by atoms with Crippen LogP contribution in [0.25, 0.3) is 0 Å². The Balaban J connectivity index is 1.66. The monoisotopic (exact) mass is 556 g/mol. The standard InChI is InChI=1S/C36H44O5/c1-23(2)27-17-12-15-25-19-26-20-30(35(3,4)32(25)27)41-29-18-11-10-16-28(29)33(34(38)39-6)36(26,5)21-31(37)40-22-24-13-8-7-9-14-24/h7-16,18-20,23,26-27,32-34,38H,17,21-22H2,1-6H3/t26?,27?,32?,33-,34?,36?/m1/s1. The quantitative estimate of drug-likeness (QED) is 0.281. The zero-order chi connectivity index (χ0) is 29.4. The molecule has 3 aliphatic rings. The highest BCUT2D eigenvalue weighted by atomic mass is 16.6. The summed E-state index contributed by atoms with van der Waals surface area (Å²) >= 11 is 0. The molecule has 2 aromatic carbocycles. The summed E-state index contributed by atoms with van der Waals surface area (Å²) in [6.45, 7) is 11.5. The Bertz CT molecular complexity index is 1340. The van der Waals surface area contributed by atoms with Gasteiger partial charge in [0.1, 0.15) is 18.1 Å². The Labute approximate surface area is 244 Å². The first-order valence-corrected chi connectivity index (χ1v) is 14.8. The van der Waals surface area contributed by atoms with Gasteiger partial charge in [0.2, 0.25) is 0 Å². The number of aliphatic hydroxyl groups excluding tert-OH is 1. The van der Waals surface area contributed by atoms with Crippen LogP contribution in [0.5, 0.6) is 5.75 Å². The minimum atomic E-state index is -1.16. The predicted octanol–water partition coefficient (Wildman–Crippen LogP) is 7.58. The van der Waals surface area contributed by atoms with E-state index in [1.807, 2.05) is 54.6 Å². The highest BCUT2D eigenvalue weighted by molar-refractivity contribution is 5.71. The van der Waals surface area contributed by atoms with Crippen molar-refractivity contribution >= 4 is 5.97 Å². The Morgan fingerprint density at radius 1 is 1.05 bits per heavy atom. The number of carbonyl (C=O) groups excluding carboxylic acids is 1. The van der Waals surface area contributed by atoms with Crippen molar-refractivity contribution in [2.24, 2.45) is 34.5 Å². The molecular formula is C36H44O5. The molecule has 6 atom stereocenters. The summed E-state index contributed by atoms with van der Waals surface area (Å²) in [5.74, 6) is 1.69. The van der Waals surface area contributed by atoms with E-state index in [-0.39, 0.29) is 36.2 Å². The number of esters is 1. The number of fused-ring (bicyclic) bond motifs is 3. The summed E-state index contributed by atoms with van der Waals surface area (Å²) in [4.78, 5) is 13.6. The summed E-state index contributed by atoms with van der Waals surface area (Å²) in [6, 6.07) is 17.6. The van der Waals surface area contributed by atoms with Gasteiger partial charge in [0.25, 0.3) is 0 Å². The highest BCUT2D eigenvalue weighted by Gasteiger charge is 2.52. The van der Waals surface area contributed by atoms with Gasteiger partial charge in [-0.3, -0.25) is 4.79 Å². The van der Waals surface area contributed by atoms with Crippen molar-refractivity contribution < 1.29 is 24.1 Å². The van der Waals surface area contributed by atoms with E-state index in [0.717, 1.165) is 23.3 Å². The Morgan fingerprint density at radius 2 is 1.76 bits per heavy atom. The van der Waals surface area contributed by atoms with Crippen molar-refractivity contribution in [2.45, 2.75) is 66.3 Å². The lowest BCUT2D eigenvalue weighted by atomic mass is 9.61. The van der Waals surface area contributed by atoms with Gasteiger partial charge in [-0.15, -0.1) is 0 Å². The van der Waals surface area contributed by atoms with Gasteiger partial charge in [-0.05, 0) is 52.9 Å². The van der Waals surface area contributed by atoms with E-state index in [2.05, 4.69) is 58.9 Å². The molecule has 41 heavy (non-hydrogen) atoms. The van der Waals surface area contributed by atoms with Crippen LogP contribution in [0.1, 0.15) is 64.5 Å². The lowest BCUT2D eigenvalue weighted by molar-refractivity contribution is -0.154. The number of rotatable bonds is 7. The second kappa shape index (κ2) is 11.6. The molecule has 5 unspecified atom stereocenters. The van der Waals surface area contributed by atoms with Crippen LogP contribution in [0.2, 0.25) is 0 Å². The van der Waals surface area contributed by atoms with Crippen molar-refractivity contribution in [3.63, 3.8) is 0 Å². The van der Waals surface area contributed by atoms with Crippen molar-refractivity contribution in [1.29, 1.82) is 0 Å². The predicted molar refractivity (Wildman–Crippen MR) is 161 cm³/mol. The number of ether oxygens (including phenoxy) is 3. The molecule has 0 radical (unpaired) electrons. The first-order chi connectivity index (χ1) is 19.6. The molecule has 5 heteroatoms. The second-order valence-corrected chi connectivity index (χ2v) is 13.0. The van der Waals surface area contributed by atoms with E-state index < -0.39 is 17.6 Å². The zero-order valence-corrected chi connectivity index (χ0v) is 25.2. The SMILES string of the molecule is COC(O)[C@H]1c2ccccc2OC2=CC(C=C3C=CCC(C(C)C)C3C2(C)C)C1(C)CC(=O)OCc1ccccc1. The Hall–Kier alpha value is -3.15. The zero-order valence-electron chi connectivity index (χ0n) is 25.2.